The van der Waals surface area contributed by atoms with Gasteiger partial charge in [-0.3, -0.25) is 4.98 Å². The van der Waals surface area contributed by atoms with Gasteiger partial charge in [-0.1, -0.05) is 35.0 Å². The van der Waals surface area contributed by atoms with Crippen LogP contribution in [0, 0.1) is 13.8 Å². The van der Waals surface area contributed by atoms with E-state index in [0.717, 1.165) is 55.6 Å². The largest absolute Gasteiger partial charge is 0.361 e. The Labute approximate surface area is 160 Å². The van der Waals surface area contributed by atoms with E-state index in [9.17, 15) is 0 Å². The number of fused-ring (bicyclic) bond motifs is 2. The molecule has 1 N–H and O–H groups in total. The average Bonchev–Trinajstić information content (AvgIpc) is 3.27. The van der Waals surface area contributed by atoms with E-state index in [2.05, 4.69) is 32.2 Å². The van der Waals surface area contributed by atoms with Crippen LogP contribution in [-0.4, -0.2) is 20.1 Å². The summed E-state index contributed by atoms with van der Waals surface area (Å²) in [6, 6.07) is 12.1. The molecular formula is C21H15ClN4O. The maximum absolute atomic E-state index is 6.61. The Morgan fingerprint density at radius 2 is 1.89 bits per heavy atom. The van der Waals surface area contributed by atoms with Crippen LogP contribution in [0.1, 0.15) is 11.5 Å². The zero-order chi connectivity index (χ0) is 18.5. The first kappa shape index (κ1) is 16.0. The molecule has 0 unspecified atom stereocenters. The van der Waals surface area contributed by atoms with Gasteiger partial charge in [-0.05, 0) is 37.6 Å². The normalized spacial score (nSPS) is 11.5. The molecule has 6 heteroatoms. The Morgan fingerprint density at radius 3 is 2.70 bits per heavy atom. The minimum absolute atomic E-state index is 0.592. The Kier molecular flexibility index (Phi) is 3.52. The molecule has 5 nitrogen and oxygen atoms in total. The number of imidazole rings is 1. The van der Waals surface area contributed by atoms with Gasteiger partial charge in [0, 0.05) is 28.3 Å². The van der Waals surface area contributed by atoms with Crippen molar-refractivity contribution in [2.45, 2.75) is 13.8 Å². The summed E-state index contributed by atoms with van der Waals surface area (Å²) < 4.78 is 5.37. The van der Waals surface area contributed by atoms with Gasteiger partial charge in [0.25, 0.3) is 0 Å². The number of hydrogen-bond donors (Lipinski definition) is 1. The third-order valence-corrected chi connectivity index (χ3v) is 5.13. The summed E-state index contributed by atoms with van der Waals surface area (Å²) in [5.74, 6) is 0.781. The molecule has 0 saturated heterocycles. The van der Waals surface area contributed by atoms with E-state index in [4.69, 9.17) is 16.1 Å². The fourth-order valence-electron chi connectivity index (χ4n) is 3.67. The standard InChI is InChI=1S/C21H15ClN4O/c1-11-19(12(2)27-26-11)13-7-15(21-18(8-13)24-10-25-21)20-14-5-3-4-6-17(14)23-9-16(20)22/h3-10H,1-2H3,(H,24,25). The van der Waals surface area contributed by atoms with Gasteiger partial charge < -0.3 is 9.51 Å². The van der Waals surface area contributed by atoms with Gasteiger partial charge in [0.1, 0.15) is 5.76 Å². The van der Waals surface area contributed by atoms with Crippen molar-refractivity contribution >= 4 is 33.5 Å². The summed E-state index contributed by atoms with van der Waals surface area (Å²) in [7, 11) is 0. The highest BCUT2D eigenvalue weighted by atomic mass is 35.5. The third-order valence-electron chi connectivity index (χ3n) is 4.84. The number of nitrogens with zero attached hydrogens (tertiary/aromatic N) is 3. The third kappa shape index (κ3) is 2.43. The van der Waals surface area contributed by atoms with Crippen LogP contribution in [0.5, 0.6) is 0 Å². The van der Waals surface area contributed by atoms with Crippen molar-refractivity contribution in [2.75, 3.05) is 0 Å². The average molecular weight is 375 g/mol. The Bertz CT molecular complexity index is 1300. The smallest absolute Gasteiger partial charge is 0.141 e. The van der Waals surface area contributed by atoms with Crippen LogP contribution in [0.25, 0.3) is 44.2 Å². The molecule has 0 aliphatic carbocycles. The summed E-state index contributed by atoms with van der Waals surface area (Å²) in [4.78, 5) is 12.2. The minimum atomic E-state index is 0.592. The highest BCUT2D eigenvalue weighted by Gasteiger charge is 2.19. The lowest BCUT2D eigenvalue weighted by molar-refractivity contribution is 0.393. The number of para-hydroxylation sites is 1. The second kappa shape index (κ2) is 5.93. The van der Waals surface area contributed by atoms with Gasteiger partial charge in [-0.25, -0.2) is 4.98 Å². The first-order chi connectivity index (χ1) is 13.1. The van der Waals surface area contributed by atoms with Crippen molar-refractivity contribution in [3.63, 3.8) is 0 Å². The monoisotopic (exact) mass is 374 g/mol. The Morgan fingerprint density at radius 1 is 1.04 bits per heavy atom. The molecule has 0 bridgehead atoms. The molecule has 0 aliphatic heterocycles. The van der Waals surface area contributed by atoms with Gasteiger partial charge in [0.05, 0.1) is 33.6 Å². The van der Waals surface area contributed by atoms with Crippen LogP contribution in [0.3, 0.4) is 0 Å². The van der Waals surface area contributed by atoms with Gasteiger partial charge in [-0.15, -0.1) is 0 Å². The van der Waals surface area contributed by atoms with E-state index in [1.54, 1.807) is 12.5 Å². The minimum Gasteiger partial charge on any atom is -0.361 e. The first-order valence-corrected chi connectivity index (χ1v) is 8.95. The Hall–Kier alpha value is -3.18. The van der Waals surface area contributed by atoms with E-state index >= 15 is 0 Å². The number of aromatic nitrogens is 4. The lowest BCUT2D eigenvalue weighted by atomic mass is 9.95. The fraction of sp³-hybridized carbons (Fsp3) is 0.0952. The lowest BCUT2D eigenvalue weighted by Crippen LogP contribution is -1.90. The second-order valence-corrected chi connectivity index (χ2v) is 6.93. The van der Waals surface area contributed by atoms with Crippen LogP contribution >= 0.6 is 11.6 Å². The maximum atomic E-state index is 6.61. The number of rotatable bonds is 2. The molecule has 0 aliphatic rings. The number of benzene rings is 2. The quantitative estimate of drug-likeness (QED) is 0.430. The van der Waals surface area contributed by atoms with Crippen LogP contribution in [0.15, 0.2) is 53.4 Å². The number of H-pyrrole nitrogens is 1. The van der Waals surface area contributed by atoms with Crippen molar-refractivity contribution < 1.29 is 4.52 Å². The molecular weight excluding hydrogens is 360 g/mol. The maximum Gasteiger partial charge on any atom is 0.141 e. The van der Waals surface area contributed by atoms with Crippen molar-refractivity contribution in [3.8, 4) is 22.3 Å². The van der Waals surface area contributed by atoms with Crippen LogP contribution < -0.4 is 0 Å². The molecule has 5 aromatic rings. The zero-order valence-electron chi connectivity index (χ0n) is 14.7. The molecule has 3 heterocycles. The molecule has 0 amide bonds. The molecule has 2 aromatic carbocycles. The van der Waals surface area contributed by atoms with E-state index < -0.39 is 0 Å². The molecule has 0 radical (unpaired) electrons. The van der Waals surface area contributed by atoms with Crippen LogP contribution in [0.2, 0.25) is 5.02 Å². The van der Waals surface area contributed by atoms with Gasteiger partial charge in [0.15, 0.2) is 0 Å². The summed E-state index contributed by atoms with van der Waals surface area (Å²) >= 11 is 6.61. The molecule has 0 fully saturated rings. The topological polar surface area (TPSA) is 67.6 Å². The van der Waals surface area contributed by atoms with Gasteiger partial charge >= 0.3 is 0 Å². The molecule has 27 heavy (non-hydrogen) atoms. The van der Waals surface area contributed by atoms with Crippen molar-refractivity contribution in [1.82, 2.24) is 20.1 Å². The number of halogens is 1. The number of hydrogen-bond acceptors (Lipinski definition) is 4. The van der Waals surface area contributed by atoms with Crippen molar-refractivity contribution in [2.24, 2.45) is 0 Å². The number of aryl methyl sites for hydroxylation is 2. The highest BCUT2D eigenvalue weighted by molar-refractivity contribution is 6.35. The van der Waals surface area contributed by atoms with Crippen LogP contribution in [0.4, 0.5) is 0 Å². The fourth-order valence-corrected chi connectivity index (χ4v) is 3.92. The van der Waals surface area contributed by atoms with E-state index in [-0.39, 0.29) is 0 Å². The molecule has 3 aromatic heterocycles. The lowest BCUT2D eigenvalue weighted by Gasteiger charge is -2.12. The van der Waals surface area contributed by atoms with E-state index in [1.807, 2.05) is 38.1 Å². The molecule has 0 spiro atoms. The molecule has 0 saturated carbocycles. The zero-order valence-corrected chi connectivity index (χ0v) is 15.5. The SMILES string of the molecule is Cc1noc(C)c1-c1cc(-c2c(Cl)cnc3ccccc23)c2nc[nH]c2c1. The highest BCUT2D eigenvalue weighted by Crippen LogP contribution is 2.40. The van der Waals surface area contributed by atoms with Gasteiger partial charge in [0.2, 0.25) is 0 Å². The molecule has 5 rings (SSSR count). The summed E-state index contributed by atoms with van der Waals surface area (Å²) in [5.41, 5.74) is 7.41. The number of aromatic amines is 1. The van der Waals surface area contributed by atoms with Crippen molar-refractivity contribution in [1.29, 1.82) is 0 Å². The van der Waals surface area contributed by atoms with E-state index in [0.29, 0.717) is 5.02 Å². The Balaban J connectivity index is 1.90. The first-order valence-electron chi connectivity index (χ1n) is 8.57. The van der Waals surface area contributed by atoms with Crippen LogP contribution in [-0.2, 0) is 0 Å². The predicted octanol–water partition coefficient (Wildman–Crippen LogP) is 5.70. The summed E-state index contributed by atoms with van der Waals surface area (Å²) in [6.07, 6.45) is 3.39. The molecule has 0 atom stereocenters. The van der Waals surface area contributed by atoms with Crippen molar-refractivity contribution in [3.05, 3.63) is 65.4 Å². The van der Waals surface area contributed by atoms with E-state index in [1.165, 1.54) is 0 Å². The second-order valence-electron chi connectivity index (χ2n) is 6.52. The number of nitrogens with one attached hydrogen (secondary N) is 1. The summed E-state index contributed by atoms with van der Waals surface area (Å²) in [5, 5.41) is 5.68. The predicted molar refractivity (Wildman–Crippen MR) is 107 cm³/mol. The molecule has 132 valence electrons. The number of pyridine rings is 1. The summed E-state index contributed by atoms with van der Waals surface area (Å²) in [6.45, 7) is 3.86. The van der Waals surface area contributed by atoms with Gasteiger partial charge in [-0.2, -0.15) is 0 Å².